The number of rotatable bonds is 3. The molecule has 0 bridgehead atoms. The Morgan fingerprint density at radius 3 is 2.71 bits per heavy atom. The molecule has 0 radical (unpaired) electrons. The number of nitrogens with one attached hydrogen (secondary N) is 1. The van der Waals surface area contributed by atoms with E-state index in [0.29, 0.717) is 5.41 Å². The molecule has 2 rings (SSSR count). The summed E-state index contributed by atoms with van der Waals surface area (Å²) in [7, 11) is 2.25. The van der Waals surface area contributed by atoms with Crippen molar-refractivity contribution in [1.82, 2.24) is 15.1 Å². The summed E-state index contributed by atoms with van der Waals surface area (Å²) in [6, 6.07) is 0. The van der Waals surface area contributed by atoms with Gasteiger partial charge in [0.1, 0.15) is 0 Å². The number of hydrogen-bond donors (Lipinski definition) is 1. The second kappa shape index (κ2) is 6.17. The van der Waals surface area contributed by atoms with Crippen molar-refractivity contribution in [2.45, 2.75) is 32.6 Å². The van der Waals surface area contributed by atoms with Crippen LogP contribution in [0.5, 0.6) is 0 Å². The normalized spacial score (nSPS) is 33.5. The maximum Gasteiger partial charge on any atom is 0.0109 e. The molecule has 1 atom stereocenters. The molecule has 0 aliphatic carbocycles. The maximum absolute atomic E-state index is 3.60. The summed E-state index contributed by atoms with van der Waals surface area (Å²) in [5.41, 5.74) is 0.557. The van der Waals surface area contributed by atoms with Gasteiger partial charge in [-0.15, -0.1) is 0 Å². The Balaban J connectivity index is 1.88. The first-order chi connectivity index (χ1) is 8.24. The Hall–Kier alpha value is -0.120. The Labute approximate surface area is 107 Å². The zero-order chi connectivity index (χ0) is 12.1. The predicted molar refractivity (Wildman–Crippen MR) is 73.4 cm³/mol. The second-order valence-corrected chi connectivity index (χ2v) is 6.07. The first-order valence-electron chi connectivity index (χ1n) is 7.36. The SMILES string of the molecule is CCC1(CN2CCCN(C)CC2)CCCNC1. The zero-order valence-corrected chi connectivity index (χ0v) is 11.7. The highest BCUT2D eigenvalue weighted by atomic mass is 15.2. The standard InChI is InChI=1S/C14H29N3/c1-3-14(6-4-7-15-12-14)13-17-9-5-8-16(2)10-11-17/h15H,3-13H2,1-2H3. The molecule has 2 fully saturated rings. The van der Waals surface area contributed by atoms with Crippen molar-refractivity contribution < 1.29 is 0 Å². The predicted octanol–water partition coefficient (Wildman–Crippen LogP) is 1.40. The van der Waals surface area contributed by atoms with Gasteiger partial charge in [-0.05, 0) is 57.8 Å². The van der Waals surface area contributed by atoms with E-state index in [9.17, 15) is 0 Å². The second-order valence-electron chi connectivity index (χ2n) is 6.07. The van der Waals surface area contributed by atoms with Crippen LogP contribution in [-0.4, -0.2) is 62.7 Å². The Morgan fingerprint density at radius 2 is 2.00 bits per heavy atom. The zero-order valence-electron chi connectivity index (χ0n) is 11.7. The van der Waals surface area contributed by atoms with Crippen LogP contribution in [0.2, 0.25) is 0 Å². The largest absolute Gasteiger partial charge is 0.316 e. The first-order valence-corrected chi connectivity index (χ1v) is 7.36. The molecule has 3 nitrogen and oxygen atoms in total. The fourth-order valence-corrected chi connectivity index (χ4v) is 3.31. The fourth-order valence-electron chi connectivity index (χ4n) is 3.31. The highest BCUT2D eigenvalue weighted by Crippen LogP contribution is 2.31. The van der Waals surface area contributed by atoms with Gasteiger partial charge < -0.3 is 15.1 Å². The molecule has 2 heterocycles. The van der Waals surface area contributed by atoms with Crippen molar-refractivity contribution in [1.29, 1.82) is 0 Å². The van der Waals surface area contributed by atoms with E-state index in [-0.39, 0.29) is 0 Å². The molecular formula is C14H29N3. The molecule has 0 aromatic heterocycles. The number of likely N-dealkylation sites (N-methyl/N-ethyl adjacent to an activating group) is 1. The Bertz CT molecular complexity index is 224. The van der Waals surface area contributed by atoms with E-state index in [1.807, 2.05) is 0 Å². The number of nitrogens with zero attached hydrogens (tertiary/aromatic N) is 2. The summed E-state index contributed by atoms with van der Waals surface area (Å²) in [5.74, 6) is 0. The topological polar surface area (TPSA) is 18.5 Å². The monoisotopic (exact) mass is 239 g/mol. The summed E-state index contributed by atoms with van der Waals surface area (Å²) in [6.45, 7) is 11.2. The third-order valence-electron chi connectivity index (χ3n) is 4.68. The molecule has 3 heteroatoms. The highest BCUT2D eigenvalue weighted by Gasteiger charge is 2.32. The minimum atomic E-state index is 0.557. The third-order valence-corrected chi connectivity index (χ3v) is 4.68. The van der Waals surface area contributed by atoms with Gasteiger partial charge in [-0.2, -0.15) is 0 Å². The molecule has 100 valence electrons. The van der Waals surface area contributed by atoms with Crippen molar-refractivity contribution in [3.63, 3.8) is 0 Å². The maximum atomic E-state index is 3.60. The van der Waals surface area contributed by atoms with Crippen LogP contribution in [0.3, 0.4) is 0 Å². The van der Waals surface area contributed by atoms with Gasteiger partial charge in [0.15, 0.2) is 0 Å². The fraction of sp³-hybridized carbons (Fsp3) is 1.00. The van der Waals surface area contributed by atoms with Crippen LogP contribution in [0.4, 0.5) is 0 Å². The van der Waals surface area contributed by atoms with Crippen LogP contribution in [0, 0.1) is 5.41 Å². The molecule has 2 saturated heterocycles. The van der Waals surface area contributed by atoms with Crippen molar-refractivity contribution in [3.8, 4) is 0 Å². The number of piperidine rings is 1. The van der Waals surface area contributed by atoms with Crippen LogP contribution >= 0.6 is 0 Å². The van der Waals surface area contributed by atoms with Gasteiger partial charge in [0, 0.05) is 26.2 Å². The van der Waals surface area contributed by atoms with Crippen molar-refractivity contribution in [2.75, 3.05) is 52.9 Å². The summed E-state index contributed by atoms with van der Waals surface area (Å²) >= 11 is 0. The molecule has 0 aromatic rings. The molecular weight excluding hydrogens is 210 g/mol. The smallest absolute Gasteiger partial charge is 0.0109 e. The molecule has 2 aliphatic rings. The average molecular weight is 239 g/mol. The summed E-state index contributed by atoms with van der Waals surface area (Å²) in [4.78, 5) is 5.18. The van der Waals surface area contributed by atoms with E-state index in [1.165, 1.54) is 71.5 Å². The van der Waals surface area contributed by atoms with Gasteiger partial charge in [0.25, 0.3) is 0 Å². The molecule has 2 aliphatic heterocycles. The molecule has 1 unspecified atom stereocenters. The summed E-state index contributed by atoms with van der Waals surface area (Å²) in [5, 5.41) is 3.60. The summed E-state index contributed by atoms with van der Waals surface area (Å²) < 4.78 is 0. The lowest BCUT2D eigenvalue weighted by molar-refractivity contribution is 0.114. The van der Waals surface area contributed by atoms with Crippen LogP contribution in [0.15, 0.2) is 0 Å². The van der Waals surface area contributed by atoms with E-state index in [4.69, 9.17) is 0 Å². The van der Waals surface area contributed by atoms with Crippen LogP contribution in [0.25, 0.3) is 0 Å². The number of hydrogen-bond acceptors (Lipinski definition) is 3. The lowest BCUT2D eigenvalue weighted by Crippen LogP contribution is -2.48. The van der Waals surface area contributed by atoms with Gasteiger partial charge in [0.05, 0.1) is 0 Å². The molecule has 0 saturated carbocycles. The molecule has 1 N–H and O–H groups in total. The lowest BCUT2D eigenvalue weighted by atomic mass is 9.78. The minimum Gasteiger partial charge on any atom is -0.316 e. The molecule has 0 amide bonds. The van der Waals surface area contributed by atoms with Crippen LogP contribution in [-0.2, 0) is 0 Å². The van der Waals surface area contributed by atoms with Crippen LogP contribution in [0.1, 0.15) is 32.6 Å². The lowest BCUT2D eigenvalue weighted by Gasteiger charge is -2.40. The van der Waals surface area contributed by atoms with Gasteiger partial charge >= 0.3 is 0 Å². The highest BCUT2D eigenvalue weighted by molar-refractivity contribution is 4.88. The average Bonchev–Trinajstić information content (AvgIpc) is 2.56. The minimum absolute atomic E-state index is 0.557. The van der Waals surface area contributed by atoms with Crippen molar-refractivity contribution in [2.24, 2.45) is 5.41 Å². The van der Waals surface area contributed by atoms with Gasteiger partial charge in [0.2, 0.25) is 0 Å². The molecule has 17 heavy (non-hydrogen) atoms. The van der Waals surface area contributed by atoms with E-state index in [2.05, 4.69) is 29.1 Å². The van der Waals surface area contributed by atoms with E-state index >= 15 is 0 Å². The Kier molecular flexibility index (Phi) is 4.83. The van der Waals surface area contributed by atoms with E-state index < -0.39 is 0 Å². The van der Waals surface area contributed by atoms with E-state index in [0.717, 1.165) is 0 Å². The van der Waals surface area contributed by atoms with Crippen molar-refractivity contribution in [3.05, 3.63) is 0 Å². The van der Waals surface area contributed by atoms with Crippen molar-refractivity contribution >= 4 is 0 Å². The molecule has 0 spiro atoms. The first kappa shape index (κ1) is 13.3. The Morgan fingerprint density at radius 1 is 1.12 bits per heavy atom. The molecule has 0 aromatic carbocycles. The van der Waals surface area contributed by atoms with E-state index in [1.54, 1.807) is 0 Å². The van der Waals surface area contributed by atoms with Crippen LogP contribution < -0.4 is 5.32 Å². The van der Waals surface area contributed by atoms with Gasteiger partial charge in [-0.3, -0.25) is 0 Å². The third kappa shape index (κ3) is 3.67. The van der Waals surface area contributed by atoms with Gasteiger partial charge in [-0.25, -0.2) is 0 Å². The summed E-state index contributed by atoms with van der Waals surface area (Å²) in [6.07, 6.45) is 5.44. The van der Waals surface area contributed by atoms with Gasteiger partial charge in [-0.1, -0.05) is 6.92 Å². The quantitative estimate of drug-likeness (QED) is 0.803.